The predicted octanol–water partition coefficient (Wildman–Crippen LogP) is 1.96. The highest BCUT2D eigenvalue weighted by atomic mass is 19.3. The first-order valence-electron chi connectivity index (χ1n) is 8.28. The van der Waals surface area contributed by atoms with Gasteiger partial charge in [-0.05, 0) is 36.4 Å². The number of anilines is 1. The number of halogens is 2. The lowest BCUT2D eigenvalue weighted by Crippen LogP contribution is -3.08. The summed E-state index contributed by atoms with van der Waals surface area (Å²) < 4.78 is 39.1. The summed E-state index contributed by atoms with van der Waals surface area (Å²) in [6, 6.07) is 11.3. The van der Waals surface area contributed by atoms with Crippen molar-refractivity contribution in [3.05, 3.63) is 48.0 Å². The van der Waals surface area contributed by atoms with Gasteiger partial charge in [-0.1, -0.05) is 0 Å². The van der Waals surface area contributed by atoms with E-state index in [2.05, 4.69) is 10.1 Å². The first-order chi connectivity index (χ1) is 12.9. The van der Waals surface area contributed by atoms with Crippen LogP contribution in [0.4, 0.5) is 14.5 Å². The number of hydrogen-bond acceptors (Lipinski definition) is 4. The summed E-state index contributed by atoms with van der Waals surface area (Å²) >= 11 is 0. The number of alkyl halides is 2. The molecule has 0 spiro atoms. The van der Waals surface area contributed by atoms with Crippen molar-refractivity contribution in [1.29, 1.82) is 0 Å². The van der Waals surface area contributed by atoms with Gasteiger partial charge in [0, 0.05) is 17.3 Å². The molecule has 1 atom stereocenters. The number of benzene rings is 2. The molecule has 146 valence electrons. The van der Waals surface area contributed by atoms with Crippen LogP contribution in [-0.2, 0) is 11.3 Å². The number of ether oxygens (including phenoxy) is 3. The molecule has 2 rings (SSSR count). The van der Waals surface area contributed by atoms with E-state index in [-0.39, 0.29) is 18.2 Å². The van der Waals surface area contributed by atoms with Crippen molar-refractivity contribution in [1.82, 2.24) is 0 Å². The van der Waals surface area contributed by atoms with Crippen LogP contribution < -0.4 is 24.4 Å². The normalized spacial score (nSPS) is 11.8. The Morgan fingerprint density at radius 1 is 1.07 bits per heavy atom. The van der Waals surface area contributed by atoms with Crippen LogP contribution in [-0.4, -0.2) is 40.3 Å². The van der Waals surface area contributed by atoms with Crippen molar-refractivity contribution in [3.8, 4) is 17.2 Å². The molecule has 27 heavy (non-hydrogen) atoms. The van der Waals surface area contributed by atoms with Gasteiger partial charge in [0.25, 0.3) is 5.91 Å². The number of carbonyl (C=O) groups is 1. The van der Waals surface area contributed by atoms with E-state index in [0.717, 1.165) is 10.5 Å². The van der Waals surface area contributed by atoms with E-state index in [1.54, 1.807) is 20.3 Å². The molecule has 0 saturated carbocycles. The third kappa shape index (κ3) is 6.41. The molecule has 0 bridgehead atoms. The zero-order valence-electron chi connectivity index (χ0n) is 15.4. The summed E-state index contributed by atoms with van der Waals surface area (Å²) in [5.74, 6) is 1.24. The van der Waals surface area contributed by atoms with Crippen molar-refractivity contribution >= 4 is 11.6 Å². The molecule has 0 aliphatic heterocycles. The summed E-state index contributed by atoms with van der Waals surface area (Å²) in [6.45, 7) is -2.07. The maximum absolute atomic E-state index is 12.2. The minimum Gasteiger partial charge on any atom is -0.497 e. The van der Waals surface area contributed by atoms with Crippen LogP contribution in [0.1, 0.15) is 5.56 Å². The smallest absolute Gasteiger partial charge is 0.387 e. The number of amides is 1. The number of likely N-dealkylation sites (N-methyl/N-ethyl adjacent to an activating group) is 1. The van der Waals surface area contributed by atoms with Crippen molar-refractivity contribution in [2.45, 2.75) is 13.2 Å². The Morgan fingerprint density at radius 2 is 1.74 bits per heavy atom. The highest BCUT2D eigenvalue weighted by Gasteiger charge is 2.14. The molecular formula is C19H23F2N2O4+. The van der Waals surface area contributed by atoms with E-state index in [1.165, 1.54) is 24.3 Å². The van der Waals surface area contributed by atoms with Gasteiger partial charge in [-0.15, -0.1) is 0 Å². The standard InChI is InChI=1S/C19H22F2N2O4/c1-23(11-13-4-7-16(25-2)10-17(13)26-3)12-18(24)22-14-5-8-15(9-6-14)27-19(20)21/h4-10,19H,11-12H2,1-3H3,(H,22,24)/p+1. The number of carbonyl (C=O) groups excluding carboxylic acids is 1. The zero-order chi connectivity index (χ0) is 19.8. The molecule has 0 heterocycles. The fourth-order valence-electron chi connectivity index (χ4n) is 2.58. The summed E-state index contributed by atoms with van der Waals surface area (Å²) in [5, 5.41) is 2.73. The molecule has 2 aromatic rings. The van der Waals surface area contributed by atoms with Crippen LogP contribution in [0.25, 0.3) is 0 Å². The van der Waals surface area contributed by atoms with Crippen molar-refractivity contribution in [2.24, 2.45) is 0 Å². The van der Waals surface area contributed by atoms with E-state index in [4.69, 9.17) is 9.47 Å². The minimum atomic E-state index is -2.88. The largest absolute Gasteiger partial charge is 0.497 e. The van der Waals surface area contributed by atoms with Gasteiger partial charge in [-0.3, -0.25) is 4.79 Å². The molecule has 1 unspecified atom stereocenters. The third-order valence-corrected chi connectivity index (χ3v) is 3.81. The van der Waals surface area contributed by atoms with Crippen LogP contribution in [0.2, 0.25) is 0 Å². The van der Waals surface area contributed by atoms with Crippen LogP contribution in [0.5, 0.6) is 17.2 Å². The lowest BCUT2D eigenvalue weighted by Gasteiger charge is -2.16. The molecule has 0 fully saturated rings. The molecule has 6 nitrogen and oxygen atoms in total. The average Bonchev–Trinajstić information content (AvgIpc) is 2.63. The molecule has 0 saturated heterocycles. The Balaban J connectivity index is 1.90. The maximum atomic E-state index is 12.2. The van der Waals surface area contributed by atoms with Gasteiger partial charge in [-0.25, -0.2) is 0 Å². The molecule has 1 amide bonds. The van der Waals surface area contributed by atoms with E-state index in [0.29, 0.717) is 23.7 Å². The number of hydrogen-bond donors (Lipinski definition) is 2. The number of methoxy groups -OCH3 is 2. The zero-order valence-corrected chi connectivity index (χ0v) is 15.4. The van der Waals surface area contributed by atoms with Gasteiger partial charge in [0.2, 0.25) is 0 Å². The lowest BCUT2D eigenvalue weighted by molar-refractivity contribution is -0.885. The molecule has 0 aromatic heterocycles. The van der Waals surface area contributed by atoms with Crippen molar-refractivity contribution in [2.75, 3.05) is 33.1 Å². The fraction of sp³-hybridized carbons (Fsp3) is 0.316. The summed E-state index contributed by atoms with van der Waals surface area (Å²) in [7, 11) is 5.06. The highest BCUT2D eigenvalue weighted by molar-refractivity contribution is 5.91. The average molecular weight is 381 g/mol. The first kappa shape index (κ1) is 20.4. The predicted molar refractivity (Wildman–Crippen MR) is 96.7 cm³/mol. The van der Waals surface area contributed by atoms with Crippen molar-refractivity contribution < 1.29 is 32.7 Å². The van der Waals surface area contributed by atoms with Crippen LogP contribution in [0.15, 0.2) is 42.5 Å². The second-order valence-electron chi connectivity index (χ2n) is 5.94. The molecule has 0 aliphatic carbocycles. The van der Waals surface area contributed by atoms with Gasteiger partial charge < -0.3 is 24.4 Å². The minimum absolute atomic E-state index is 0.0392. The van der Waals surface area contributed by atoms with E-state index in [1.807, 2.05) is 19.2 Å². The van der Waals surface area contributed by atoms with Gasteiger partial charge in [0.05, 0.1) is 21.3 Å². The first-order valence-corrected chi connectivity index (χ1v) is 8.28. The Labute approximate surface area is 156 Å². The van der Waals surface area contributed by atoms with Gasteiger partial charge in [0.1, 0.15) is 23.8 Å². The van der Waals surface area contributed by atoms with E-state index >= 15 is 0 Å². The highest BCUT2D eigenvalue weighted by Crippen LogP contribution is 2.23. The van der Waals surface area contributed by atoms with Gasteiger partial charge in [0.15, 0.2) is 6.54 Å². The molecule has 0 aliphatic rings. The van der Waals surface area contributed by atoms with Crippen molar-refractivity contribution in [3.63, 3.8) is 0 Å². The quantitative estimate of drug-likeness (QED) is 0.697. The Morgan fingerprint density at radius 3 is 2.33 bits per heavy atom. The van der Waals surface area contributed by atoms with E-state index in [9.17, 15) is 13.6 Å². The molecule has 0 radical (unpaired) electrons. The number of nitrogens with one attached hydrogen (secondary N) is 2. The fourth-order valence-corrected chi connectivity index (χ4v) is 2.58. The van der Waals surface area contributed by atoms with E-state index < -0.39 is 6.61 Å². The van der Waals surface area contributed by atoms with Crippen LogP contribution in [0.3, 0.4) is 0 Å². The van der Waals surface area contributed by atoms with Gasteiger partial charge in [-0.2, -0.15) is 8.78 Å². The second kappa shape index (κ2) is 9.72. The second-order valence-corrected chi connectivity index (χ2v) is 5.94. The molecular weight excluding hydrogens is 358 g/mol. The molecule has 2 aromatic carbocycles. The summed E-state index contributed by atoms with van der Waals surface area (Å²) in [6.07, 6.45) is 0. The summed E-state index contributed by atoms with van der Waals surface area (Å²) in [5.41, 5.74) is 1.47. The maximum Gasteiger partial charge on any atom is 0.387 e. The Kier molecular flexibility index (Phi) is 7.36. The molecule has 8 heteroatoms. The number of rotatable bonds is 9. The topological polar surface area (TPSA) is 61.2 Å². The van der Waals surface area contributed by atoms with Crippen LogP contribution in [0, 0.1) is 0 Å². The van der Waals surface area contributed by atoms with Crippen LogP contribution >= 0.6 is 0 Å². The SMILES string of the molecule is COc1ccc(C[NH+](C)CC(=O)Nc2ccc(OC(F)F)cc2)c(OC)c1. The lowest BCUT2D eigenvalue weighted by atomic mass is 10.2. The third-order valence-electron chi connectivity index (χ3n) is 3.81. The van der Waals surface area contributed by atoms with Gasteiger partial charge >= 0.3 is 6.61 Å². The monoisotopic (exact) mass is 381 g/mol. The Bertz CT molecular complexity index is 754. The summed E-state index contributed by atoms with van der Waals surface area (Å²) in [4.78, 5) is 13.1. The Hall–Kier alpha value is -2.87. The molecule has 2 N–H and O–H groups in total. The number of quaternary nitrogens is 1.